The highest BCUT2D eigenvalue weighted by molar-refractivity contribution is 5.96. The summed E-state index contributed by atoms with van der Waals surface area (Å²) in [4.78, 5) is 24.5. The van der Waals surface area contributed by atoms with E-state index in [9.17, 15) is 9.59 Å². The van der Waals surface area contributed by atoms with E-state index in [-0.39, 0.29) is 12.3 Å². The van der Waals surface area contributed by atoms with E-state index in [0.29, 0.717) is 41.9 Å². The van der Waals surface area contributed by atoms with Crippen LogP contribution >= 0.6 is 0 Å². The average Bonchev–Trinajstić information content (AvgIpc) is 2.71. The van der Waals surface area contributed by atoms with Crippen LogP contribution in [0.1, 0.15) is 36.7 Å². The Morgan fingerprint density at radius 3 is 2.31 bits per heavy atom. The van der Waals surface area contributed by atoms with Crippen molar-refractivity contribution in [3.63, 3.8) is 0 Å². The number of rotatable bonds is 9. The third-order valence-electron chi connectivity index (χ3n) is 3.92. The van der Waals surface area contributed by atoms with Crippen molar-refractivity contribution in [2.75, 3.05) is 20.3 Å². The second-order valence-corrected chi connectivity index (χ2v) is 6.83. The van der Waals surface area contributed by atoms with Crippen molar-refractivity contribution in [1.82, 2.24) is 10.9 Å². The second kappa shape index (κ2) is 10.9. The molecular formula is C22H28N2O5. The van der Waals surface area contributed by atoms with Crippen LogP contribution in [0.15, 0.2) is 42.5 Å². The van der Waals surface area contributed by atoms with Crippen molar-refractivity contribution in [2.24, 2.45) is 5.92 Å². The minimum atomic E-state index is -0.440. The fourth-order valence-corrected chi connectivity index (χ4v) is 2.46. The van der Waals surface area contributed by atoms with Crippen molar-refractivity contribution >= 4 is 11.8 Å². The first-order valence-electron chi connectivity index (χ1n) is 9.54. The van der Waals surface area contributed by atoms with E-state index in [1.54, 1.807) is 49.6 Å². The van der Waals surface area contributed by atoms with Crippen LogP contribution in [0.25, 0.3) is 0 Å². The van der Waals surface area contributed by atoms with Gasteiger partial charge < -0.3 is 14.2 Å². The summed E-state index contributed by atoms with van der Waals surface area (Å²) in [6, 6.07) is 12.1. The van der Waals surface area contributed by atoms with Crippen molar-refractivity contribution in [3.05, 3.63) is 53.6 Å². The van der Waals surface area contributed by atoms with Crippen LogP contribution in [0.3, 0.4) is 0 Å². The number of ether oxygens (including phenoxy) is 3. The number of hydrogen-bond acceptors (Lipinski definition) is 5. The van der Waals surface area contributed by atoms with E-state index < -0.39 is 5.91 Å². The zero-order valence-electron chi connectivity index (χ0n) is 17.3. The minimum Gasteiger partial charge on any atom is -0.497 e. The number of carbonyl (C=O) groups excluding carboxylic acids is 2. The molecule has 7 nitrogen and oxygen atoms in total. The van der Waals surface area contributed by atoms with E-state index in [2.05, 4.69) is 24.7 Å². The zero-order chi connectivity index (χ0) is 21.2. The Balaban J connectivity index is 1.94. The number of hydrazine groups is 1. The molecule has 7 heteroatoms. The van der Waals surface area contributed by atoms with Gasteiger partial charge in [0.15, 0.2) is 11.5 Å². The summed E-state index contributed by atoms with van der Waals surface area (Å²) in [6.07, 6.45) is 0.135. The van der Waals surface area contributed by atoms with E-state index in [1.807, 2.05) is 6.92 Å². The lowest BCUT2D eigenvalue weighted by Crippen LogP contribution is -2.42. The van der Waals surface area contributed by atoms with Gasteiger partial charge in [-0.1, -0.05) is 26.0 Å². The SMILES string of the molecule is CCOc1cc(C(=O)NNC(=O)Cc2ccc(OC)cc2)ccc1OCC(C)C. The van der Waals surface area contributed by atoms with E-state index in [1.165, 1.54) is 0 Å². The quantitative estimate of drug-likeness (QED) is 0.632. The molecule has 0 fully saturated rings. The Hall–Kier alpha value is -3.22. The molecule has 156 valence electrons. The second-order valence-electron chi connectivity index (χ2n) is 6.83. The molecule has 0 spiro atoms. The maximum Gasteiger partial charge on any atom is 0.269 e. The van der Waals surface area contributed by atoms with Gasteiger partial charge in [-0.3, -0.25) is 20.4 Å². The summed E-state index contributed by atoms with van der Waals surface area (Å²) in [7, 11) is 1.58. The van der Waals surface area contributed by atoms with Gasteiger partial charge >= 0.3 is 0 Å². The molecular weight excluding hydrogens is 372 g/mol. The van der Waals surface area contributed by atoms with Crippen LogP contribution in [0.2, 0.25) is 0 Å². The van der Waals surface area contributed by atoms with Crippen LogP contribution in [-0.4, -0.2) is 32.1 Å². The highest BCUT2D eigenvalue weighted by Crippen LogP contribution is 2.29. The standard InChI is InChI=1S/C22H28N2O5/c1-5-28-20-13-17(8-11-19(20)29-14-15(2)3)22(26)24-23-21(25)12-16-6-9-18(27-4)10-7-16/h6-11,13,15H,5,12,14H2,1-4H3,(H,23,25)(H,24,26). The van der Waals surface area contributed by atoms with Gasteiger partial charge in [0.1, 0.15) is 5.75 Å². The predicted octanol–water partition coefficient (Wildman–Crippen LogP) is 3.13. The van der Waals surface area contributed by atoms with Crippen molar-refractivity contribution in [2.45, 2.75) is 27.2 Å². The number of benzene rings is 2. The van der Waals surface area contributed by atoms with Crippen LogP contribution in [-0.2, 0) is 11.2 Å². The molecule has 2 amide bonds. The van der Waals surface area contributed by atoms with Gasteiger partial charge in [0.25, 0.3) is 5.91 Å². The first-order valence-corrected chi connectivity index (χ1v) is 9.54. The van der Waals surface area contributed by atoms with Gasteiger partial charge in [0, 0.05) is 5.56 Å². The maximum absolute atomic E-state index is 12.4. The zero-order valence-corrected chi connectivity index (χ0v) is 17.3. The van der Waals surface area contributed by atoms with Crippen LogP contribution < -0.4 is 25.1 Å². The van der Waals surface area contributed by atoms with E-state index in [4.69, 9.17) is 14.2 Å². The van der Waals surface area contributed by atoms with Crippen molar-refractivity contribution in [3.8, 4) is 17.2 Å². The summed E-state index contributed by atoms with van der Waals surface area (Å²) >= 11 is 0. The smallest absolute Gasteiger partial charge is 0.269 e. The largest absolute Gasteiger partial charge is 0.497 e. The molecule has 2 aromatic rings. The van der Waals surface area contributed by atoms with Gasteiger partial charge in [-0.15, -0.1) is 0 Å². The summed E-state index contributed by atoms with van der Waals surface area (Å²) < 4.78 is 16.4. The molecule has 2 N–H and O–H groups in total. The lowest BCUT2D eigenvalue weighted by atomic mass is 10.1. The van der Waals surface area contributed by atoms with E-state index >= 15 is 0 Å². The molecule has 0 heterocycles. The topological polar surface area (TPSA) is 85.9 Å². The van der Waals surface area contributed by atoms with Gasteiger partial charge in [-0.05, 0) is 48.7 Å². The molecule has 0 aliphatic carbocycles. The fourth-order valence-electron chi connectivity index (χ4n) is 2.46. The molecule has 0 aliphatic rings. The van der Waals surface area contributed by atoms with E-state index in [0.717, 1.165) is 5.56 Å². The number of amides is 2. The number of nitrogens with one attached hydrogen (secondary N) is 2. The Labute approximate surface area is 171 Å². The lowest BCUT2D eigenvalue weighted by molar-refractivity contribution is -0.121. The first kappa shape index (κ1) is 22.1. The molecule has 0 saturated heterocycles. The molecule has 0 bridgehead atoms. The third kappa shape index (κ3) is 7.03. The monoisotopic (exact) mass is 400 g/mol. The molecule has 0 atom stereocenters. The summed E-state index contributed by atoms with van der Waals surface area (Å²) in [6.45, 7) is 6.96. The molecule has 0 aromatic heterocycles. The molecule has 2 rings (SSSR count). The summed E-state index contributed by atoms with van der Waals surface area (Å²) in [5.41, 5.74) is 6.01. The molecule has 0 unspecified atom stereocenters. The van der Waals surface area contributed by atoms with Crippen LogP contribution in [0.5, 0.6) is 17.2 Å². The van der Waals surface area contributed by atoms with Crippen LogP contribution in [0, 0.1) is 5.92 Å². The highest BCUT2D eigenvalue weighted by Gasteiger charge is 2.13. The molecule has 0 saturated carbocycles. The van der Waals surface area contributed by atoms with Gasteiger partial charge in [0.05, 0.1) is 26.7 Å². The average molecular weight is 400 g/mol. The summed E-state index contributed by atoms with van der Waals surface area (Å²) in [5, 5.41) is 0. The molecule has 0 aliphatic heterocycles. The van der Waals surface area contributed by atoms with Crippen molar-refractivity contribution in [1.29, 1.82) is 0 Å². The lowest BCUT2D eigenvalue weighted by Gasteiger charge is -2.15. The third-order valence-corrected chi connectivity index (χ3v) is 3.92. The highest BCUT2D eigenvalue weighted by atomic mass is 16.5. The number of carbonyl (C=O) groups is 2. The Morgan fingerprint density at radius 2 is 1.69 bits per heavy atom. The van der Waals surface area contributed by atoms with Gasteiger partial charge in [0.2, 0.25) is 5.91 Å². The molecule has 0 radical (unpaired) electrons. The molecule has 29 heavy (non-hydrogen) atoms. The Morgan fingerprint density at radius 1 is 0.966 bits per heavy atom. The van der Waals surface area contributed by atoms with Crippen molar-refractivity contribution < 1.29 is 23.8 Å². The molecule has 2 aromatic carbocycles. The Kier molecular flexibility index (Phi) is 8.33. The first-order chi connectivity index (χ1) is 13.9. The maximum atomic E-state index is 12.4. The predicted molar refractivity (Wildman–Crippen MR) is 110 cm³/mol. The normalized spacial score (nSPS) is 10.4. The Bertz CT molecular complexity index is 818. The minimum absolute atomic E-state index is 0.135. The fraction of sp³-hybridized carbons (Fsp3) is 0.364. The van der Waals surface area contributed by atoms with Crippen LogP contribution in [0.4, 0.5) is 0 Å². The summed E-state index contributed by atoms with van der Waals surface area (Å²) in [5.74, 6) is 1.39. The van der Waals surface area contributed by atoms with Gasteiger partial charge in [-0.25, -0.2) is 0 Å². The number of methoxy groups -OCH3 is 1. The van der Waals surface area contributed by atoms with Gasteiger partial charge in [-0.2, -0.15) is 0 Å². The number of hydrogen-bond donors (Lipinski definition) is 2.